The lowest BCUT2D eigenvalue weighted by Gasteiger charge is -2.24. The lowest BCUT2D eigenvalue weighted by Crippen LogP contribution is -2.44. The van der Waals surface area contributed by atoms with Gasteiger partial charge in [0.15, 0.2) is 11.5 Å². The van der Waals surface area contributed by atoms with E-state index in [9.17, 15) is 14.4 Å². The first-order valence-corrected chi connectivity index (χ1v) is 9.31. The highest BCUT2D eigenvalue weighted by atomic mass is 16.7. The number of nitrogens with one attached hydrogen (secondary N) is 1. The number of carbonyl (C=O) groups excluding carboxylic acids is 3. The number of carbonyl (C=O) groups is 3. The molecule has 0 unspecified atom stereocenters. The molecule has 0 radical (unpaired) electrons. The summed E-state index contributed by atoms with van der Waals surface area (Å²) in [4.78, 5) is 40.9. The van der Waals surface area contributed by atoms with Crippen LogP contribution in [0.5, 0.6) is 11.5 Å². The van der Waals surface area contributed by atoms with Crippen LogP contribution in [0.2, 0.25) is 0 Å². The number of rotatable bonds is 3. The van der Waals surface area contributed by atoms with Crippen molar-refractivity contribution in [2.75, 3.05) is 26.4 Å². The second kappa shape index (κ2) is 6.75. The predicted molar refractivity (Wildman–Crippen MR) is 95.2 cm³/mol. The van der Waals surface area contributed by atoms with Gasteiger partial charge < -0.3 is 19.7 Å². The average molecular weight is 373 g/mol. The zero-order valence-electron chi connectivity index (χ0n) is 15.3. The molecule has 2 fully saturated rings. The van der Waals surface area contributed by atoms with E-state index in [2.05, 4.69) is 5.32 Å². The topological polar surface area (TPSA) is 88.2 Å². The fraction of sp³-hybridized carbons (Fsp3) is 0.526. The monoisotopic (exact) mass is 373 g/mol. The van der Waals surface area contributed by atoms with Crippen LogP contribution < -0.4 is 14.8 Å². The predicted octanol–water partition coefficient (Wildman–Crippen LogP) is 1.58. The Balaban J connectivity index is 1.52. The van der Waals surface area contributed by atoms with Gasteiger partial charge in [-0.05, 0) is 37.5 Å². The van der Waals surface area contributed by atoms with Gasteiger partial charge in [-0.15, -0.1) is 0 Å². The van der Waals surface area contributed by atoms with Crippen molar-refractivity contribution in [2.45, 2.75) is 38.1 Å². The number of ether oxygens (including phenoxy) is 2. The Morgan fingerprint density at radius 1 is 1.11 bits per heavy atom. The molecule has 4 amide bonds. The zero-order valence-corrected chi connectivity index (χ0v) is 15.3. The fourth-order valence-corrected chi connectivity index (χ4v) is 3.80. The van der Waals surface area contributed by atoms with Crippen LogP contribution in [-0.4, -0.2) is 54.1 Å². The molecule has 3 aliphatic rings. The molecule has 4 rings (SSSR count). The van der Waals surface area contributed by atoms with Crippen molar-refractivity contribution >= 4 is 17.8 Å². The van der Waals surface area contributed by atoms with Crippen LogP contribution in [0.1, 0.15) is 38.2 Å². The third kappa shape index (κ3) is 3.09. The van der Waals surface area contributed by atoms with Gasteiger partial charge in [-0.2, -0.15) is 0 Å². The van der Waals surface area contributed by atoms with Gasteiger partial charge in [0.1, 0.15) is 12.1 Å². The van der Waals surface area contributed by atoms with E-state index in [1.165, 1.54) is 0 Å². The van der Waals surface area contributed by atoms with Crippen LogP contribution in [0.3, 0.4) is 0 Å². The summed E-state index contributed by atoms with van der Waals surface area (Å²) in [7, 11) is 0. The number of benzene rings is 1. The minimum absolute atomic E-state index is 0.131. The molecule has 144 valence electrons. The molecule has 1 aromatic rings. The molecule has 0 spiro atoms. The SMILES string of the molecule is C[C@]1(c2ccc3c(c2)OCO3)NC(=O)N(CC(=O)N2CCCCCC2)C1=O. The molecule has 0 aliphatic carbocycles. The Bertz CT molecular complexity index is 788. The van der Waals surface area contributed by atoms with E-state index in [0.717, 1.165) is 30.6 Å². The number of amides is 4. The van der Waals surface area contributed by atoms with Gasteiger partial charge in [0, 0.05) is 13.1 Å². The van der Waals surface area contributed by atoms with E-state index < -0.39 is 17.5 Å². The van der Waals surface area contributed by atoms with Gasteiger partial charge in [0.25, 0.3) is 5.91 Å². The molecule has 8 nitrogen and oxygen atoms in total. The highest BCUT2D eigenvalue weighted by Gasteiger charge is 2.50. The molecule has 1 aromatic carbocycles. The van der Waals surface area contributed by atoms with Crippen molar-refractivity contribution in [1.82, 2.24) is 15.1 Å². The second-order valence-corrected chi connectivity index (χ2v) is 7.31. The minimum atomic E-state index is -1.24. The quantitative estimate of drug-likeness (QED) is 0.813. The van der Waals surface area contributed by atoms with Crippen molar-refractivity contribution in [3.8, 4) is 11.5 Å². The summed E-state index contributed by atoms with van der Waals surface area (Å²) >= 11 is 0. The molecule has 0 aromatic heterocycles. The van der Waals surface area contributed by atoms with E-state index in [4.69, 9.17) is 9.47 Å². The number of imide groups is 1. The Labute approximate surface area is 157 Å². The van der Waals surface area contributed by atoms with E-state index >= 15 is 0 Å². The first kappa shape index (κ1) is 17.6. The van der Waals surface area contributed by atoms with E-state index in [0.29, 0.717) is 30.2 Å². The van der Waals surface area contributed by atoms with Gasteiger partial charge in [0.2, 0.25) is 12.7 Å². The molecular formula is C19H23N3O5. The summed E-state index contributed by atoms with van der Waals surface area (Å²) in [6, 6.07) is 4.59. The average Bonchev–Trinajstić information content (AvgIpc) is 3.07. The van der Waals surface area contributed by atoms with E-state index in [1.807, 2.05) is 0 Å². The summed E-state index contributed by atoms with van der Waals surface area (Å²) < 4.78 is 10.7. The van der Waals surface area contributed by atoms with Crippen molar-refractivity contribution in [1.29, 1.82) is 0 Å². The molecule has 0 saturated carbocycles. The molecule has 27 heavy (non-hydrogen) atoms. The van der Waals surface area contributed by atoms with Gasteiger partial charge >= 0.3 is 6.03 Å². The van der Waals surface area contributed by atoms with Gasteiger partial charge in [-0.25, -0.2) is 4.79 Å². The van der Waals surface area contributed by atoms with Crippen LogP contribution in [0, 0.1) is 0 Å². The third-order valence-electron chi connectivity index (χ3n) is 5.48. The van der Waals surface area contributed by atoms with Crippen LogP contribution in [0.15, 0.2) is 18.2 Å². The standard InChI is InChI=1S/C19H23N3O5/c1-19(13-6-7-14-15(10-13)27-12-26-14)17(24)22(18(25)20-19)11-16(23)21-8-4-2-3-5-9-21/h6-7,10H,2-5,8-9,11-12H2,1H3,(H,20,25)/t19-/m1/s1. The zero-order chi connectivity index (χ0) is 19.0. The van der Waals surface area contributed by atoms with Crippen LogP contribution in [-0.2, 0) is 15.1 Å². The lowest BCUT2D eigenvalue weighted by atomic mass is 9.91. The van der Waals surface area contributed by atoms with Crippen molar-refractivity contribution in [3.05, 3.63) is 23.8 Å². The number of likely N-dealkylation sites (tertiary alicyclic amines) is 1. The Kier molecular flexibility index (Phi) is 4.41. The van der Waals surface area contributed by atoms with Crippen LogP contribution >= 0.6 is 0 Å². The Hall–Kier alpha value is -2.77. The van der Waals surface area contributed by atoms with Gasteiger partial charge in [-0.3, -0.25) is 14.5 Å². The number of hydrogen-bond donors (Lipinski definition) is 1. The van der Waals surface area contributed by atoms with E-state index in [1.54, 1.807) is 30.0 Å². The number of fused-ring (bicyclic) bond motifs is 1. The Morgan fingerprint density at radius 2 is 1.81 bits per heavy atom. The molecular weight excluding hydrogens is 350 g/mol. The normalized spacial score (nSPS) is 24.8. The number of hydrogen-bond acceptors (Lipinski definition) is 5. The fourth-order valence-electron chi connectivity index (χ4n) is 3.80. The maximum absolute atomic E-state index is 13.0. The number of urea groups is 1. The van der Waals surface area contributed by atoms with Gasteiger partial charge in [0.05, 0.1) is 0 Å². The van der Waals surface area contributed by atoms with E-state index in [-0.39, 0.29) is 19.2 Å². The summed E-state index contributed by atoms with van der Waals surface area (Å²) in [6.45, 7) is 2.90. The molecule has 1 atom stereocenters. The molecule has 0 bridgehead atoms. The molecule has 2 saturated heterocycles. The highest BCUT2D eigenvalue weighted by molar-refractivity contribution is 6.09. The lowest BCUT2D eigenvalue weighted by molar-refractivity contribution is -0.138. The largest absolute Gasteiger partial charge is 0.454 e. The van der Waals surface area contributed by atoms with Crippen LogP contribution in [0.4, 0.5) is 4.79 Å². The molecule has 1 N–H and O–H groups in total. The third-order valence-corrected chi connectivity index (χ3v) is 5.48. The van der Waals surface area contributed by atoms with Crippen LogP contribution in [0.25, 0.3) is 0 Å². The smallest absolute Gasteiger partial charge is 0.325 e. The molecule has 3 aliphatic heterocycles. The number of nitrogens with zero attached hydrogens (tertiary/aromatic N) is 2. The summed E-state index contributed by atoms with van der Waals surface area (Å²) in [5.74, 6) is 0.520. The van der Waals surface area contributed by atoms with Gasteiger partial charge in [-0.1, -0.05) is 18.9 Å². The summed E-state index contributed by atoms with van der Waals surface area (Å²) in [6.07, 6.45) is 4.13. The minimum Gasteiger partial charge on any atom is -0.454 e. The first-order chi connectivity index (χ1) is 13.0. The summed E-state index contributed by atoms with van der Waals surface area (Å²) in [5, 5.41) is 2.73. The van der Waals surface area contributed by atoms with Crippen molar-refractivity contribution in [3.63, 3.8) is 0 Å². The second-order valence-electron chi connectivity index (χ2n) is 7.31. The molecule has 8 heteroatoms. The molecule has 3 heterocycles. The first-order valence-electron chi connectivity index (χ1n) is 9.31. The maximum Gasteiger partial charge on any atom is 0.325 e. The van der Waals surface area contributed by atoms with Crippen molar-refractivity contribution in [2.24, 2.45) is 0 Å². The Morgan fingerprint density at radius 3 is 2.56 bits per heavy atom. The van der Waals surface area contributed by atoms with Crippen molar-refractivity contribution < 1.29 is 23.9 Å². The highest BCUT2D eigenvalue weighted by Crippen LogP contribution is 2.37. The maximum atomic E-state index is 13.0. The summed E-state index contributed by atoms with van der Waals surface area (Å²) in [5.41, 5.74) is -0.647.